The van der Waals surface area contributed by atoms with E-state index in [9.17, 15) is 27.3 Å². The maximum Gasteiger partial charge on any atom is 0.435 e. The Morgan fingerprint density at radius 3 is 2.55 bits per heavy atom. The predicted octanol–water partition coefficient (Wildman–Crippen LogP) is 6.69. The van der Waals surface area contributed by atoms with Gasteiger partial charge in [-0.3, -0.25) is 4.79 Å². The number of halogens is 4. The Labute approximate surface area is 238 Å². The quantitative estimate of drug-likeness (QED) is 0.116. The smallest absolute Gasteiger partial charge is 0.399 e. The van der Waals surface area contributed by atoms with Crippen molar-refractivity contribution in [2.24, 2.45) is 11.1 Å². The first-order chi connectivity index (χ1) is 20.1. The molecule has 1 fully saturated rings. The monoisotopic (exact) mass is 581 g/mol. The van der Waals surface area contributed by atoms with Crippen LogP contribution in [0.1, 0.15) is 51.8 Å². The second kappa shape index (κ2) is 12.1. The highest BCUT2D eigenvalue weighted by Crippen LogP contribution is 2.35. The van der Waals surface area contributed by atoms with E-state index in [1.807, 2.05) is 6.07 Å². The fourth-order valence-electron chi connectivity index (χ4n) is 4.51. The number of nitrogens with one attached hydrogen (secondary N) is 1. The summed E-state index contributed by atoms with van der Waals surface area (Å²) in [5, 5.41) is 8.83. The Bertz CT molecular complexity index is 1600. The first kappa shape index (κ1) is 28.9. The molecule has 1 aliphatic rings. The molecule has 218 valence electrons. The fourth-order valence-corrected chi connectivity index (χ4v) is 4.51. The van der Waals surface area contributed by atoms with Gasteiger partial charge in [0.05, 0.1) is 24.5 Å². The number of anilines is 2. The maximum absolute atomic E-state index is 15.0. The van der Waals surface area contributed by atoms with Crippen LogP contribution < -0.4 is 11.1 Å². The molecule has 8 nitrogen and oxygen atoms in total. The van der Waals surface area contributed by atoms with Crippen molar-refractivity contribution in [3.8, 4) is 5.69 Å². The molecule has 0 radical (unpaired) electrons. The lowest BCUT2D eigenvalue weighted by atomic mass is 10.00. The zero-order valence-corrected chi connectivity index (χ0v) is 22.3. The molecule has 1 unspecified atom stereocenters. The van der Waals surface area contributed by atoms with E-state index in [2.05, 4.69) is 15.6 Å². The lowest BCUT2D eigenvalue weighted by Gasteiger charge is -2.20. The van der Waals surface area contributed by atoms with Gasteiger partial charge in [0.25, 0.3) is 5.91 Å². The fraction of sp³-hybridized carbons (Fsp3) is 0.267. The average Bonchev–Trinajstić information content (AvgIpc) is 3.67. The predicted molar refractivity (Wildman–Crippen MR) is 149 cm³/mol. The van der Waals surface area contributed by atoms with Gasteiger partial charge in [-0.1, -0.05) is 35.5 Å². The number of nitrogens with zero attached hydrogens (tertiary/aromatic N) is 3. The zero-order valence-electron chi connectivity index (χ0n) is 22.3. The van der Waals surface area contributed by atoms with E-state index in [4.69, 9.17) is 10.5 Å². The van der Waals surface area contributed by atoms with Crippen molar-refractivity contribution < 1.29 is 27.1 Å². The molecule has 1 saturated carbocycles. The van der Waals surface area contributed by atoms with E-state index in [1.165, 1.54) is 24.3 Å². The van der Waals surface area contributed by atoms with Crippen molar-refractivity contribution >= 4 is 17.3 Å². The number of hydrogen-bond donors (Lipinski definition) is 2. The van der Waals surface area contributed by atoms with E-state index in [1.54, 1.807) is 30.3 Å². The number of nitroso groups, excluding NO2 is 1. The van der Waals surface area contributed by atoms with Crippen LogP contribution in [0, 0.1) is 16.6 Å². The van der Waals surface area contributed by atoms with Crippen LogP contribution in [0.5, 0.6) is 0 Å². The summed E-state index contributed by atoms with van der Waals surface area (Å²) < 4.78 is 62.9. The number of ether oxygens (including phenoxy) is 1. The summed E-state index contributed by atoms with van der Waals surface area (Å²) in [5.41, 5.74) is 6.52. The Balaban J connectivity index is 1.48. The SMILES string of the molecule is Nc1cccc(C(OCC2CC2)c2ccc(F)c(NC(=O)c3cc(C(F)(F)F)nn3-c3cccc(CCN=O)c3)c2)c1. The van der Waals surface area contributed by atoms with Gasteiger partial charge in [-0.25, -0.2) is 9.07 Å². The molecule has 12 heteroatoms. The summed E-state index contributed by atoms with van der Waals surface area (Å²) in [5.74, 6) is -1.36. The standard InChI is InChI=1S/C30H27F4N5O3/c31-24-10-9-21(28(42-17-19-7-8-19)20-4-2-5-22(35)14-20)15-25(24)37-29(40)26-16-27(30(32,33)34)38-39(26)23-6-1-3-18(13-23)11-12-36-41/h1-6,9-10,13-16,19,28H,7-8,11-12,17,35H2,(H,37,40). The normalized spacial score (nSPS) is 14.0. The number of benzene rings is 3. The average molecular weight is 582 g/mol. The molecule has 1 aromatic heterocycles. The molecule has 3 aromatic carbocycles. The van der Waals surface area contributed by atoms with Crippen molar-refractivity contribution in [3.05, 3.63) is 112 Å². The van der Waals surface area contributed by atoms with Crippen molar-refractivity contribution in [1.82, 2.24) is 9.78 Å². The van der Waals surface area contributed by atoms with Gasteiger partial charge in [0, 0.05) is 11.8 Å². The highest BCUT2D eigenvalue weighted by molar-refractivity contribution is 6.03. The molecule has 0 spiro atoms. The number of hydrogen-bond acceptors (Lipinski definition) is 6. The molecule has 1 atom stereocenters. The molecule has 0 saturated heterocycles. The van der Waals surface area contributed by atoms with E-state index in [0.29, 0.717) is 35.4 Å². The maximum atomic E-state index is 15.0. The Hall–Kier alpha value is -4.58. The topological polar surface area (TPSA) is 112 Å². The minimum atomic E-state index is -4.84. The van der Waals surface area contributed by atoms with Crippen molar-refractivity contribution in [1.29, 1.82) is 0 Å². The summed E-state index contributed by atoms with van der Waals surface area (Å²) in [7, 11) is 0. The molecule has 0 aliphatic heterocycles. The van der Waals surface area contributed by atoms with Gasteiger partial charge in [-0.2, -0.15) is 23.2 Å². The van der Waals surface area contributed by atoms with Crippen LogP contribution in [0.25, 0.3) is 5.69 Å². The van der Waals surface area contributed by atoms with Crippen LogP contribution in [0.15, 0.2) is 78.0 Å². The van der Waals surface area contributed by atoms with Crippen molar-refractivity contribution in [3.63, 3.8) is 0 Å². The van der Waals surface area contributed by atoms with Crippen molar-refractivity contribution in [2.45, 2.75) is 31.5 Å². The van der Waals surface area contributed by atoms with E-state index in [-0.39, 0.29) is 24.3 Å². The van der Waals surface area contributed by atoms with Crippen LogP contribution in [0.3, 0.4) is 0 Å². The number of rotatable bonds is 11. The minimum Gasteiger partial charge on any atom is -0.399 e. The number of alkyl halides is 3. The summed E-state index contributed by atoms with van der Waals surface area (Å²) >= 11 is 0. The third-order valence-corrected chi connectivity index (χ3v) is 6.83. The highest BCUT2D eigenvalue weighted by atomic mass is 19.4. The van der Waals surface area contributed by atoms with Crippen LogP contribution >= 0.6 is 0 Å². The van der Waals surface area contributed by atoms with Crippen LogP contribution in [0.2, 0.25) is 0 Å². The first-order valence-electron chi connectivity index (χ1n) is 13.3. The Kier molecular flexibility index (Phi) is 8.34. The summed E-state index contributed by atoms with van der Waals surface area (Å²) in [6.07, 6.45) is -3.09. The molecular formula is C30H27F4N5O3. The van der Waals surface area contributed by atoms with Crippen LogP contribution in [-0.4, -0.2) is 28.8 Å². The lowest BCUT2D eigenvalue weighted by Crippen LogP contribution is -2.18. The van der Waals surface area contributed by atoms with E-state index >= 15 is 0 Å². The highest BCUT2D eigenvalue weighted by Gasteiger charge is 2.36. The third kappa shape index (κ3) is 6.82. The molecular weight excluding hydrogens is 554 g/mol. The Morgan fingerprint density at radius 1 is 1.07 bits per heavy atom. The number of nitrogen functional groups attached to an aromatic ring is 1. The van der Waals surface area contributed by atoms with Gasteiger partial charge in [-0.05, 0) is 78.3 Å². The summed E-state index contributed by atoms with van der Waals surface area (Å²) in [6, 6.07) is 18.0. The third-order valence-electron chi connectivity index (χ3n) is 6.83. The molecule has 1 aliphatic carbocycles. The number of carbonyl (C=O) groups is 1. The van der Waals surface area contributed by atoms with E-state index < -0.39 is 35.4 Å². The summed E-state index contributed by atoms with van der Waals surface area (Å²) in [6.45, 7) is 0.459. The molecule has 0 bridgehead atoms. The molecule has 3 N–H and O–H groups in total. The van der Waals surface area contributed by atoms with Gasteiger partial charge in [-0.15, -0.1) is 0 Å². The zero-order chi connectivity index (χ0) is 29.9. The Morgan fingerprint density at radius 2 is 1.83 bits per heavy atom. The van der Waals surface area contributed by atoms with Crippen molar-refractivity contribution in [2.75, 3.05) is 24.2 Å². The number of nitrogens with two attached hydrogens (primary N) is 1. The van der Waals surface area contributed by atoms with Gasteiger partial charge in [0.1, 0.15) is 17.6 Å². The summed E-state index contributed by atoms with van der Waals surface area (Å²) in [4.78, 5) is 23.9. The van der Waals surface area contributed by atoms with Gasteiger partial charge in [0.15, 0.2) is 5.69 Å². The number of carbonyl (C=O) groups excluding carboxylic acids is 1. The van der Waals surface area contributed by atoms with Gasteiger partial charge < -0.3 is 15.8 Å². The minimum absolute atomic E-state index is 0.0275. The van der Waals surface area contributed by atoms with E-state index in [0.717, 1.165) is 29.2 Å². The second-order valence-electron chi connectivity index (χ2n) is 10.1. The van der Waals surface area contributed by atoms with Crippen LogP contribution in [-0.2, 0) is 17.3 Å². The molecule has 1 heterocycles. The van der Waals surface area contributed by atoms with Gasteiger partial charge >= 0.3 is 6.18 Å². The largest absolute Gasteiger partial charge is 0.435 e. The number of aromatic nitrogens is 2. The first-order valence-corrected chi connectivity index (χ1v) is 13.3. The molecule has 4 aromatic rings. The second-order valence-corrected chi connectivity index (χ2v) is 10.1. The van der Waals surface area contributed by atoms with Gasteiger partial charge in [0.2, 0.25) is 0 Å². The number of amides is 1. The molecule has 5 rings (SSSR count). The molecule has 1 amide bonds. The lowest BCUT2D eigenvalue weighted by molar-refractivity contribution is -0.141. The van der Waals surface area contributed by atoms with Crippen LogP contribution in [0.4, 0.5) is 28.9 Å². The molecule has 42 heavy (non-hydrogen) atoms.